The summed E-state index contributed by atoms with van der Waals surface area (Å²) >= 11 is 11.9. The first-order chi connectivity index (χ1) is 19.2. The third kappa shape index (κ3) is 15.8. The molecule has 1 unspecified atom stereocenters. The molecule has 0 heterocycles. The molecule has 4 nitrogen and oxygen atoms in total. The number of aliphatic hydroxyl groups excluding tert-OH is 1. The SMILES string of the molecule is CC(C)(C)SSc1ccccc1CCO.CC(C)(C)SSc1ccccc1CCOP(=O)(Cl)Oc1ccccc1Cl. The van der Waals surface area contributed by atoms with Crippen LogP contribution in [0, 0.1) is 0 Å². The smallest absolute Gasteiger partial charge is 0.412 e. The molecule has 0 aliphatic carbocycles. The van der Waals surface area contributed by atoms with Gasteiger partial charge in [-0.1, -0.05) is 145 Å². The number of halogens is 2. The Morgan fingerprint density at radius 1 is 0.756 bits per heavy atom. The van der Waals surface area contributed by atoms with Gasteiger partial charge in [0.2, 0.25) is 0 Å². The molecule has 3 aromatic rings. The van der Waals surface area contributed by atoms with Crippen LogP contribution in [0.4, 0.5) is 0 Å². The first-order valence-electron chi connectivity index (χ1n) is 13.1. The van der Waals surface area contributed by atoms with Crippen LogP contribution in [0.5, 0.6) is 5.75 Å². The highest BCUT2D eigenvalue weighted by molar-refractivity contribution is 8.77. The normalized spacial score (nSPS) is 13.2. The quantitative estimate of drug-likeness (QED) is 0.149. The molecule has 1 atom stereocenters. The van der Waals surface area contributed by atoms with Crippen molar-refractivity contribution in [1.29, 1.82) is 0 Å². The summed E-state index contributed by atoms with van der Waals surface area (Å²) in [6.45, 7) is 9.79. The summed E-state index contributed by atoms with van der Waals surface area (Å²) in [7, 11) is 7.19. The molecule has 226 valence electrons. The minimum atomic E-state index is -3.76. The molecule has 0 amide bonds. The average molecular weight is 694 g/mol. The van der Waals surface area contributed by atoms with E-state index in [9.17, 15) is 4.57 Å². The van der Waals surface area contributed by atoms with E-state index in [1.165, 1.54) is 10.5 Å². The van der Waals surface area contributed by atoms with Crippen LogP contribution in [0.15, 0.2) is 82.6 Å². The van der Waals surface area contributed by atoms with Gasteiger partial charge < -0.3 is 9.63 Å². The van der Waals surface area contributed by atoms with E-state index < -0.39 is 6.95 Å². The van der Waals surface area contributed by atoms with Crippen molar-refractivity contribution in [3.05, 3.63) is 88.9 Å². The van der Waals surface area contributed by atoms with E-state index in [1.807, 2.05) is 41.1 Å². The van der Waals surface area contributed by atoms with Crippen LogP contribution in [0.2, 0.25) is 5.02 Å². The fourth-order valence-electron chi connectivity index (χ4n) is 2.97. The Morgan fingerprint density at radius 3 is 1.71 bits per heavy atom. The molecule has 0 aromatic heterocycles. The lowest BCUT2D eigenvalue weighted by atomic mass is 10.2. The fraction of sp³-hybridized carbons (Fsp3) is 0.400. The molecule has 3 rings (SSSR count). The summed E-state index contributed by atoms with van der Waals surface area (Å²) in [4.78, 5) is 2.43. The van der Waals surface area contributed by atoms with Gasteiger partial charge >= 0.3 is 6.95 Å². The second-order valence-electron chi connectivity index (χ2n) is 10.8. The molecule has 0 aliphatic rings. The predicted molar refractivity (Wildman–Crippen MR) is 185 cm³/mol. The van der Waals surface area contributed by atoms with E-state index in [4.69, 9.17) is 37.0 Å². The van der Waals surface area contributed by atoms with Gasteiger partial charge in [-0.15, -0.1) is 0 Å². The van der Waals surface area contributed by atoms with Gasteiger partial charge in [-0.3, -0.25) is 4.52 Å². The summed E-state index contributed by atoms with van der Waals surface area (Å²) in [6.07, 6.45) is 1.32. The van der Waals surface area contributed by atoms with Crippen LogP contribution in [0.1, 0.15) is 52.7 Å². The van der Waals surface area contributed by atoms with Crippen molar-refractivity contribution in [1.82, 2.24) is 0 Å². The highest BCUT2D eigenvalue weighted by atomic mass is 35.7. The molecule has 0 saturated carbocycles. The molecule has 0 spiro atoms. The predicted octanol–water partition coefficient (Wildman–Crippen LogP) is 11.6. The fourth-order valence-corrected chi connectivity index (χ4v) is 8.90. The molecule has 41 heavy (non-hydrogen) atoms. The Hall–Kier alpha value is -0.410. The third-order valence-corrected chi connectivity index (χ3v) is 13.4. The van der Waals surface area contributed by atoms with Crippen LogP contribution in [0.25, 0.3) is 0 Å². The largest absolute Gasteiger partial charge is 0.476 e. The number of benzene rings is 3. The third-order valence-electron chi connectivity index (χ3n) is 4.75. The maximum absolute atomic E-state index is 12.3. The molecule has 0 aliphatic heterocycles. The van der Waals surface area contributed by atoms with Gasteiger partial charge in [0.1, 0.15) is 5.75 Å². The summed E-state index contributed by atoms with van der Waals surface area (Å²) < 4.78 is 23.3. The Morgan fingerprint density at radius 2 is 1.22 bits per heavy atom. The minimum absolute atomic E-state index is 0.156. The van der Waals surface area contributed by atoms with Gasteiger partial charge in [0, 0.05) is 37.1 Å². The molecule has 0 fully saturated rings. The highest BCUT2D eigenvalue weighted by Crippen LogP contribution is 2.54. The van der Waals surface area contributed by atoms with Crippen molar-refractivity contribution < 1.29 is 18.7 Å². The van der Waals surface area contributed by atoms with Crippen molar-refractivity contribution in [2.24, 2.45) is 0 Å². The molecule has 0 saturated heterocycles. The lowest BCUT2D eigenvalue weighted by molar-refractivity contribution is 0.282. The molecule has 0 radical (unpaired) electrons. The monoisotopic (exact) mass is 692 g/mol. The number of hydrogen-bond acceptors (Lipinski definition) is 8. The van der Waals surface area contributed by atoms with E-state index in [0.29, 0.717) is 11.4 Å². The maximum Gasteiger partial charge on any atom is 0.476 e. The van der Waals surface area contributed by atoms with Crippen LogP contribution < -0.4 is 4.52 Å². The van der Waals surface area contributed by atoms with Crippen molar-refractivity contribution in [3.8, 4) is 5.75 Å². The highest BCUT2D eigenvalue weighted by Gasteiger charge is 2.24. The molecule has 11 heteroatoms. The van der Waals surface area contributed by atoms with Crippen molar-refractivity contribution in [2.75, 3.05) is 13.2 Å². The average Bonchev–Trinajstić information content (AvgIpc) is 2.88. The Balaban J connectivity index is 0.000000333. The molecule has 0 bridgehead atoms. The standard InChI is InChI=1S/C18H21Cl2O3PS2.C12H18OS2/c1-18(2,3)26-25-17-11-7-4-8-14(17)12-13-22-24(20,21)23-16-10-6-5-9-15(16)19;1-12(2,3)15-14-11-7-5-4-6-10(11)8-9-13/h4-11H,12-13H2,1-3H3;4-7,13H,8-9H2,1-3H3. The van der Waals surface area contributed by atoms with Crippen LogP contribution in [-0.4, -0.2) is 27.8 Å². The van der Waals surface area contributed by atoms with E-state index in [0.717, 1.165) is 16.9 Å². The Labute approximate surface area is 271 Å². The van der Waals surface area contributed by atoms with Gasteiger partial charge in [0.25, 0.3) is 0 Å². The zero-order valence-electron chi connectivity index (χ0n) is 24.3. The van der Waals surface area contributed by atoms with E-state index in [1.54, 1.807) is 56.6 Å². The topological polar surface area (TPSA) is 55.8 Å². The van der Waals surface area contributed by atoms with Gasteiger partial charge in [-0.2, -0.15) is 0 Å². The Bertz CT molecular complexity index is 1270. The summed E-state index contributed by atoms with van der Waals surface area (Å²) in [6, 6.07) is 23.1. The maximum atomic E-state index is 12.3. The van der Waals surface area contributed by atoms with E-state index >= 15 is 0 Å². The second kappa shape index (κ2) is 17.8. The first kappa shape index (κ1) is 36.8. The summed E-state index contributed by atoms with van der Waals surface area (Å²) in [5.74, 6) is 0.241. The van der Waals surface area contributed by atoms with Crippen molar-refractivity contribution >= 4 is 73.0 Å². The number of hydrogen-bond donors (Lipinski definition) is 1. The number of aliphatic hydroxyl groups is 1. The van der Waals surface area contributed by atoms with Crippen molar-refractivity contribution in [3.63, 3.8) is 0 Å². The van der Waals surface area contributed by atoms with E-state index in [-0.39, 0.29) is 28.5 Å². The molecule has 3 aromatic carbocycles. The molecule has 1 N–H and O–H groups in total. The van der Waals surface area contributed by atoms with Gasteiger partial charge in [-0.25, -0.2) is 4.57 Å². The lowest BCUT2D eigenvalue weighted by Gasteiger charge is -2.18. The number of rotatable bonds is 12. The first-order valence-corrected chi connectivity index (χ1v) is 20.2. The minimum Gasteiger partial charge on any atom is -0.412 e. The lowest BCUT2D eigenvalue weighted by Crippen LogP contribution is -2.05. The molecular weight excluding hydrogens is 654 g/mol. The number of para-hydroxylation sites is 1. The van der Waals surface area contributed by atoms with Gasteiger partial charge in [0.05, 0.1) is 11.6 Å². The Kier molecular flexibility index (Phi) is 15.9. The second-order valence-corrected chi connectivity index (χ2v) is 19.7. The van der Waals surface area contributed by atoms with E-state index in [2.05, 4.69) is 59.7 Å². The van der Waals surface area contributed by atoms with Gasteiger partial charge in [0.15, 0.2) is 0 Å². The zero-order valence-corrected chi connectivity index (χ0v) is 29.9. The van der Waals surface area contributed by atoms with Crippen molar-refractivity contribution in [2.45, 2.75) is 73.7 Å². The molecular formula is C30H39Cl2O4PS4. The summed E-state index contributed by atoms with van der Waals surface area (Å²) in [5.41, 5.74) is 2.35. The van der Waals surface area contributed by atoms with Gasteiger partial charge in [-0.05, 0) is 48.2 Å². The summed E-state index contributed by atoms with van der Waals surface area (Å²) in [5, 5.41) is 9.29. The van der Waals surface area contributed by atoms with Crippen LogP contribution >= 0.6 is 73.0 Å². The van der Waals surface area contributed by atoms with Crippen LogP contribution in [-0.2, 0) is 21.9 Å². The zero-order chi connectivity index (χ0) is 30.5. The van der Waals surface area contributed by atoms with Crippen LogP contribution in [0.3, 0.4) is 0 Å².